The molecule has 6 heteroatoms. The molecule has 4 aromatic rings. The highest BCUT2D eigenvalue weighted by atomic mass is 32.1. The van der Waals surface area contributed by atoms with Gasteiger partial charge in [0.2, 0.25) is 0 Å². The summed E-state index contributed by atoms with van der Waals surface area (Å²) < 4.78 is 13.1. The fourth-order valence-electron chi connectivity index (χ4n) is 3.38. The van der Waals surface area contributed by atoms with Crippen LogP contribution in [0.3, 0.4) is 0 Å². The monoisotopic (exact) mass is 389 g/mol. The van der Waals surface area contributed by atoms with Crippen LogP contribution in [-0.2, 0) is 6.54 Å². The van der Waals surface area contributed by atoms with Crippen LogP contribution in [0.2, 0.25) is 0 Å². The lowest BCUT2D eigenvalue weighted by atomic mass is 10.1. The number of benzene rings is 2. The quantitative estimate of drug-likeness (QED) is 0.445. The Balaban J connectivity index is 1.80. The number of hydrogen-bond acceptors (Lipinski definition) is 5. The summed E-state index contributed by atoms with van der Waals surface area (Å²) >= 11 is 1.57. The molecule has 0 bridgehead atoms. The average Bonchev–Trinajstić information content (AvgIpc) is 3.36. The summed E-state index contributed by atoms with van der Waals surface area (Å²) in [6, 6.07) is 16.2. The molecule has 0 aliphatic heterocycles. The molecule has 0 spiro atoms. The minimum atomic E-state index is 0.474. The Morgan fingerprint density at radius 3 is 2.71 bits per heavy atom. The molecule has 5 nitrogen and oxygen atoms in total. The molecule has 0 aliphatic carbocycles. The number of thiazole rings is 1. The largest absolute Gasteiger partial charge is 0.493 e. The second kappa shape index (κ2) is 7.75. The van der Waals surface area contributed by atoms with Gasteiger partial charge in [-0.2, -0.15) is 5.26 Å². The lowest BCUT2D eigenvalue weighted by Crippen LogP contribution is -1.94. The highest BCUT2D eigenvalue weighted by molar-refractivity contribution is 7.13. The number of para-hydroxylation sites is 2. The topological polar surface area (TPSA) is 60.1 Å². The molecule has 2 aromatic carbocycles. The van der Waals surface area contributed by atoms with Crippen molar-refractivity contribution in [1.29, 1.82) is 5.26 Å². The number of nitrogens with zero attached hydrogens (tertiary/aromatic N) is 3. The summed E-state index contributed by atoms with van der Waals surface area (Å²) in [5.74, 6) is 1.37. The van der Waals surface area contributed by atoms with Crippen molar-refractivity contribution in [2.45, 2.75) is 13.0 Å². The summed E-state index contributed by atoms with van der Waals surface area (Å²) in [5, 5.41) is 13.0. The highest BCUT2D eigenvalue weighted by Crippen LogP contribution is 2.41. The molecule has 0 saturated carbocycles. The maximum absolute atomic E-state index is 8.95. The number of methoxy groups -OCH3 is 2. The SMILES string of the molecule is COc1cccc(-c2nc(-c3cn(CCC#N)c4ccccc34)cs2)c1OC. The smallest absolute Gasteiger partial charge is 0.170 e. The zero-order chi connectivity index (χ0) is 19.5. The van der Waals surface area contributed by atoms with Crippen molar-refractivity contribution in [3.63, 3.8) is 0 Å². The minimum Gasteiger partial charge on any atom is -0.493 e. The van der Waals surface area contributed by atoms with Gasteiger partial charge in [0.1, 0.15) is 5.01 Å². The molecule has 2 heterocycles. The minimum absolute atomic E-state index is 0.474. The van der Waals surface area contributed by atoms with Crippen molar-refractivity contribution in [2.75, 3.05) is 14.2 Å². The Hall–Kier alpha value is -3.30. The predicted molar refractivity (Wildman–Crippen MR) is 112 cm³/mol. The third kappa shape index (κ3) is 3.10. The van der Waals surface area contributed by atoms with Gasteiger partial charge >= 0.3 is 0 Å². The van der Waals surface area contributed by atoms with E-state index in [1.54, 1.807) is 25.6 Å². The van der Waals surface area contributed by atoms with Crippen LogP contribution in [0, 0.1) is 11.3 Å². The second-order valence-corrected chi connectivity index (χ2v) is 7.10. The summed E-state index contributed by atoms with van der Waals surface area (Å²) in [4.78, 5) is 4.88. The first-order chi connectivity index (χ1) is 13.8. The summed E-state index contributed by atoms with van der Waals surface area (Å²) in [5.41, 5.74) is 4.00. The molecular weight excluding hydrogens is 370 g/mol. The van der Waals surface area contributed by atoms with Crippen molar-refractivity contribution >= 4 is 22.2 Å². The van der Waals surface area contributed by atoms with Crippen LogP contribution < -0.4 is 9.47 Å². The summed E-state index contributed by atoms with van der Waals surface area (Å²) in [6.45, 7) is 0.664. The number of fused-ring (bicyclic) bond motifs is 1. The molecule has 0 fully saturated rings. The van der Waals surface area contributed by atoms with E-state index in [1.807, 2.05) is 30.3 Å². The third-order valence-corrected chi connectivity index (χ3v) is 5.54. The van der Waals surface area contributed by atoms with Gasteiger partial charge in [0.25, 0.3) is 0 Å². The molecule has 140 valence electrons. The van der Waals surface area contributed by atoms with Crippen molar-refractivity contribution in [3.05, 3.63) is 54.0 Å². The molecule has 0 aliphatic rings. The van der Waals surface area contributed by atoms with Gasteiger partial charge in [-0.3, -0.25) is 0 Å². The predicted octanol–water partition coefficient (Wildman–Crippen LogP) is 5.36. The van der Waals surface area contributed by atoms with E-state index < -0.39 is 0 Å². The number of rotatable bonds is 6. The van der Waals surface area contributed by atoms with Crippen LogP contribution in [0.4, 0.5) is 0 Å². The standard InChI is InChI=1S/C22H19N3O2S/c1-26-20-10-5-8-16(21(20)27-2)22-24-18(14-28-22)17-13-25(12-6-11-23)19-9-4-3-7-15(17)19/h3-5,7-10,13-14H,6,12H2,1-2H3. The van der Waals surface area contributed by atoms with E-state index in [-0.39, 0.29) is 0 Å². The van der Waals surface area contributed by atoms with Crippen molar-refractivity contribution in [2.24, 2.45) is 0 Å². The first-order valence-corrected chi connectivity index (χ1v) is 9.77. The van der Waals surface area contributed by atoms with Gasteiger partial charge in [-0.05, 0) is 18.2 Å². The Morgan fingerprint density at radius 1 is 1.07 bits per heavy atom. The Bertz CT molecular complexity index is 1170. The molecule has 0 radical (unpaired) electrons. The number of hydrogen-bond donors (Lipinski definition) is 0. The molecule has 28 heavy (non-hydrogen) atoms. The van der Waals surface area contributed by atoms with Crippen LogP contribution >= 0.6 is 11.3 Å². The second-order valence-electron chi connectivity index (χ2n) is 6.24. The number of aryl methyl sites for hydroxylation is 1. The van der Waals surface area contributed by atoms with Gasteiger partial charge in [-0.25, -0.2) is 4.98 Å². The van der Waals surface area contributed by atoms with Gasteiger partial charge in [-0.15, -0.1) is 11.3 Å². The van der Waals surface area contributed by atoms with E-state index in [0.717, 1.165) is 32.7 Å². The lowest BCUT2D eigenvalue weighted by Gasteiger charge is -2.10. The van der Waals surface area contributed by atoms with Crippen LogP contribution in [0.25, 0.3) is 32.7 Å². The zero-order valence-corrected chi connectivity index (χ0v) is 16.5. The third-order valence-electron chi connectivity index (χ3n) is 4.67. The fraction of sp³-hybridized carbons (Fsp3) is 0.182. The van der Waals surface area contributed by atoms with E-state index in [4.69, 9.17) is 19.7 Å². The van der Waals surface area contributed by atoms with Crippen molar-refractivity contribution < 1.29 is 9.47 Å². The molecule has 0 unspecified atom stereocenters. The fourth-order valence-corrected chi connectivity index (χ4v) is 4.22. The van der Waals surface area contributed by atoms with Gasteiger partial charge < -0.3 is 14.0 Å². The Morgan fingerprint density at radius 2 is 1.93 bits per heavy atom. The van der Waals surface area contributed by atoms with Gasteiger partial charge in [-0.1, -0.05) is 24.3 Å². The molecule has 0 saturated heterocycles. The van der Waals surface area contributed by atoms with Gasteiger partial charge in [0.15, 0.2) is 11.5 Å². The molecule has 4 rings (SSSR count). The number of aromatic nitrogens is 2. The Labute approximate surface area is 167 Å². The number of nitriles is 1. The van der Waals surface area contributed by atoms with Gasteiger partial charge in [0, 0.05) is 34.6 Å². The maximum atomic E-state index is 8.95. The van der Waals surface area contributed by atoms with E-state index in [0.29, 0.717) is 24.5 Å². The lowest BCUT2D eigenvalue weighted by molar-refractivity contribution is 0.356. The zero-order valence-electron chi connectivity index (χ0n) is 15.7. The normalized spacial score (nSPS) is 10.8. The summed E-state index contributed by atoms with van der Waals surface area (Å²) in [6.07, 6.45) is 2.56. The maximum Gasteiger partial charge on any atom is 0.170 e. The number of ether oxygens (including phenoxy) is 2. The van der Waals surface area contributed by atoms with Gasteiger partial charge in [0.05, 0.1) is 38.0 Å². The van der Waals surface area contributed by atoms with Crippen LogP contribution in [-0.4, -0.2) is 23.8 Å². The summed E-state index contributed by atoms with van der Waals surface area (Å²) in [7, 11) is 3.27. The average molecular weight is 389 g/mol. The van der Waals surface area contributed by atoms with E-state index in [1.165, 1.54) is 0 Å². The molecule has 0 atom stereocenters. The molecule has 0 amide bonds. The van der Waals surface area contributed by atoms with E-state index in [2.05, 4.69) is 34.3 Å². The molecule has 2 aromatic heterocycles. The van der Waals surface area contributed by atoms with Crippen LogP contribution in [0.5, 0.6) is 11.5 Å². The van der Waals surface area contributed by atoms with Crippen LogP contribution in [0.15, 0.2) is 54.0 Å². The molecular formula is C22H19N3O2S. The van der Waals surface area contributed by atoms with E-state index >= 15 is 0 Å². The Kier molecular flexibility index (Phi) is 5.00. The van der Waals surface area contributed by atoms with Crippen molar-refractivity contribution in [1.82, 2.24) is 9.55 Å². The highest BCUT2D eigenvalue weighted by Gasteiger charge is 2.17. The van der Waals surface area contributed by atoms with E-state index in [9.17, 15) is 0 Å². The van der Waals surface area contributed by atoms with Crippen LogP contribution in [0.1, 0.15) is 6.42 Å². The molecule has 0 N–H and O–H groups in total. The first kappa shape index (κ1) is 18.1. The van der Waals surface area contributed by atoms with Crippen molar-refractivity contribution in [3.8, 4) is 39.4 Å². The first-order valence-electron chi connectivity index (χ1n) is 8.89.